The van der Waals surface area contributed by atoms with Crippen LogP contribution < -0.4 is 4.90 Å². The quantitative estimate of drug-likeness (QED) is 0.580. The minimum atomic E-state index is -0.613. The van der Waals surface area contributed by atoms with Crippen molar-refractivity contribution in [2.75, 3.05) is 11.5 Å². The smallest absolute Gasteiger partial charge is 0.411 e. The summed E-state index contributed by atoms with van der Waals surface area (Å²) in [4.78, 5) is 42.4. The molecule has 0 bridgehead atoms. The fourth-order valence-electron chi connectivity index (χ4n) is 4.94. The molecule has 1 aliphatic carbocycles. The summed E-state index contributed by atoms with van der Waals surface area (Å²) in [6, 6.07) is 17.8. The molecule has 2 fully saturated rings. The lowest BCUT2D eigenvalue weighted by Crippen LogP contribution is -2.47. The Bertz CT molecular complexity index is 1030. The van der Waals surface area contributed by atoms with Crippen LogP contribution in [0.4, 0.5) is 10.5 Å². The Morgan fingerprint density at radius 3 is 2.27 bits per heavy atom. The van der Waals surface area contributed by atoms with Gasteiger partial charge in [-0.1, -0.05) is 60.2 Å². The first-order valence-corrected chi connectivity index (χ1v) is 10.2. The predicted molar refractivity (Wildman–Crippen MR) is 110 cm³/mol. The summed E-state index contributed by atoms with van der Waals surface area (Å²) in [5, 5.41) is 0. The van der Waals surface area contributed by atoms with Crippen molar-refractivity contribution >= 4 is 23.6 Å². The van der Waals surface area contributed by atoms with Crippen LogP contribution in [0.5, 0.6) is 0 Å². The van der Waals surface area contributed by atoms with Crippen molar-refractivity contribution in [1.29, 1.82) is 0 Å². The number of amides is 3. The zero-order valence-corrected chi connectivity index (χ0v) is 16.6. The van der Waals surface area contributed by atoms with Crippen LogP contribution in [0.2, 0.25) is 0 Å². The average Bonchev–Trinajstić information content (AvgIpc) is 3.26. The van der Waals surface area contributed by atoms with E-state index in [4.69, 9.17) is 4.74 Å². The summed E-state index contributed by atoms with van der Waals surface area (Å²) in [5.41, 5.74) is 2.53. The maximum Gasteiger partial charge on any atom is 0.411 e. The van der Waals surface area contributed by atoms with E-state index < -0.39 is 24.0 Å². The molecule has 0 saturated carbocycles. The van der Waals surface area contributed by atoms with E-state index in [1.165, 1.54) is 4.90 Å². The molecule has 2 saturated heterocycles. The molecule has 30 heavy (non-hydrogen) atoms. The number of imide groups is 1. The van der Waals surface area contributed by atoms with Crippen LogP contribution in [0, 0.1) is 11.8 Å². The van der Waals surface area contributed by atoms with Gasteiger partial charge in [-0.3, -0.25) is 14.5 Å². The molecule has 5 rings (SSSR count). The van der Waals surface area contributed by atoms with Gasteiger partial charge in [-0.25, -0.2) is 9.69 Å². The second kappa shape index (κ2) is 7.13. The second-order valence-corrected chi connectivity index (χ2v) is 8.10. The molecule has 2 heterocycles. The van der Waals surface area contributed by atoms with Crippen LogP contribution in [-0.4, -0.2) is 35.5 Å². The molecule has 0 N–H and O–H groups in total. The van der Waals surface area contributed by atoms with Crippen LogP contribution in [0.3, 0.4) is 0 Å². The fraction of sp³-hybridized carbons (Fsp3) is 0.292. The number of para-hydroxylation sites is 1. The van der Waals surface area contributed by atoms with Crippen molar-refractivity contribution in [3.63, 3.8) is 0 Å². The normalized spacial score (nSPS) is 28.4. The molecule has 0 aromatic heterocycles. The summed E-state index contributed by atoms with van der Waals surface area (Å²) >= 11 is 0. The number of rotatable bonds is 3. The maximum absolute atomic E-state index is 13.5. The van der Waals surface area contributed by atoms with Gasteiger partial charge in [0.15, 0.2) is 0 Å². The summed E-state index contributed by atoms with van der Waals surface area (Å²) in [7, 11) is 0. The van der Waals surface area contributed by atoms with Gasteiger partial charge in [0.05, 0.1) is 29.6 Å². The van der Waals surface area contributed by atoms with Gasteiger partial charge >= 0.3 is 6.09 Å². The van der Waals surface area contributed by atoms with Crippen molar-refractivity contribution in [2.24, 2.45) is 11.8 Å². The first-order chi connectivity index (χ1) is 14.6. The number of allylic oxidation sites excluding steroid dienone is 1. The lowest BCUT2D eigenvalue weighted by molar-refractivity contribution is -0.122. The molecule has 6 nitrogen and oxygen atoms in total. The molecule has 2 aromatic rings. The summed E-state index contributed by atoms with van der Waals surface area (Å²) in [6.45, 7) is 2.18. The Kier molecular flexibility index (Phi) is 4.42. The Morgan fingerprint density at radius 2 is 1.57 bits per heavy atom. The molecular weight excluding hydrogens is 380 g/mol. The third-order valence-corrected chi connectivity index (χ3v) is 6.27. The lowest BCUT2D eigenvalue weighted by Gasteiger charge is -2.36. The first-order valence-electron chi connectivity index (χ1n) is 10.2. The highest BCUT2D eigenvalue weighted by molar-refractivity contribution is 6.22. The SMILES string of the molecule is CC1=C[C@@H](N2C(=O)OC[C@@H]2c2ccccc2)[C@H]2C(=O)N(c3ccccc3)C(=O)[C@H]2C1. The molecule has 0 unspecified atom stereocenters. The zero-order chi connectivity index (χ0) is 20.8. The first kappa shape index (κ1) is 18.6. The van der Waals surface area contributed by atoms with Gasteiger partial charge in [-0.2, -0.15) is 0 Å². The van der Waals surface area contributed by atoms with Crippen molar-refractivity contribution < 1.29 is 19.1 Å². The van der Waals surface area contributed by atoms with E-state index in [9.17, 15) is 14.4 Å². The van der Waals surface area contributed by atoms with E-state index in [2.05, 4.69) is 0 Å². The largest absolute Gasteiger partial charge is 0.447 e. The fourth-order valence-corrected chi connectivity index (χ4v) is 4.94. The minimum Gasteiger partial charge on any atom is -0.447 e. The molecule has 2 aliphatic heterocycles. The summed E-state index contributed by atoms with van der Waals surface area (Å²) < 4.78 is 5.39. The maximum atomic E-state index is 13.5. The number of anilines is 1. The number of carbonyl (C=O) groups is 3. The molecular formula is C24H22N2O4. The lowest BCUT2D eigenvalue weighted by atomic mass is 9.77. The van der Waals surface area contributed by atoms with E-state index in [0.717, 1.165) is 11.1 Å². The average molecular weight is 402 g/mol. The van der Waals surface area contributed by atoms with Crippen LogP contribution in [0.1, 0.15) is 24.9 Å². The molecule has 0 radical (unpaired) electrons. The zero-order valence-electron chi connectivity index (χ0n) is 16.6. The number of carbonyl (C=O) groups excluding carboxylic acids is 3. The van der Waals surface area contributed by atoms with E-state index in [1.54, 1.807) is 17.0 Å². The van der Waals surface area contributed by atoms with Gasteiger partial charge in [0.1, 0.15) is 6.61 Å². The Labute approximate surface area is 174 Å². The van der Waals surface area contributed by atoms with E-state index in [0.29, 0.717) is 12.1 Å². The van der Waals surface area contributed by atoms with Gasteiger partial charge in [0.25, 0.3) is 0 Å². The number of ether oxygens (including phenoxy) is 1. The molecule has 6 heteroatoms. The van der Waals surface area contributed by atoms with Crippen molar-refractivity contribution in [2.45, 2.75) is 25.4 Å². The summed E-state index contributed by atoms with van der Waals surface area (Å²) in [5.74, 6) is -1.54. The van der Waals surface area contributed by atoms with Crippen LogP contribution in [0.15, 0.2) is 72.3 Å². The molecule has 4 atom stereocenters. The number of cyclic esters (lactones) is 1. The molecule has 3 amide bonds. The van der Waals surface area contributed by atoms with Crippen molar-refractivity contribution in [1.82, 2.24) is 4.90 Å². The third kappa shape index (κ3) is 2.83. The third-order valence-electron chi connectivity index (χ3n) is 6.27. The topological polar surface area (TPSA) is 66.9 Å². The molecule has 3 aliphatic rings. The standard InChI is InChI=1S/C24H22N2O4/c1-15-12-18-21(23(28)25(22(18)27)17-10-6-3-7-11-17)19(13-15)26-20(14-30-24(26)29)16-8-4-2-5-9-16/h2-11,13,18-21H,12,14H2,1H3/t18-,19+,20+,21-/m0/s1. The highest BCUT2D eigenvalue weighted by Gasteiger charge is 2.56. The number of benzene rings is 2. The Morgan fingerprint density at radius 1 is 0.900 bits per heavy atom. The van der Waals surface area contributed by atoms with Gasteiger partial charge in [0.2, 0.25) is 11.8 Å². The highest BCUT2D eigenvalue weighted by atomic mass is 16.6. The minimum absolute atomic E-state index is 0.197. The monoisotopic (exact) mass is 402 g/mol. The van der Waals surface area contributed by atoms with Gasteiger partial charge in [0, 0.05) is 0 Å². The summed E-state index contributed by atoms with van der Waals surface area (Å²) in [6.07, 6.45) is 2.04. The number of fused-ring (bicyclic) bond motifs is 1. The Balaban J connectivity index is 1.55. The van der Waals surface area contributed by atoms with Crippen LogP contribution >= 0.6 is 0 Å². The van der Waals surface area contributed by atoms with Gasteiger partial charge in [-0.15, -0.1) is 0 Å². The molecule has 0 spiro atoms. The van der Waals surface area contributed by atoms with Crippen molar-refractivity contribution in [3.05, 3.63) is 77.9 Å². The van der Waals surface area contributed by atoms with Crippen molar-refractivity contribution in [3.8, 4) is 0 Å². The highest BCUT2D eigenvalue weighted by Crippen LogP contribution is 2.44. The van der Waals surface area contributed by atoms with E-state index >= 15 is 0 Å². The van der Waals surface area contributed by atoms with Gasteiger partial charge in [-0.05, 0) is 31.0 Å². The van der Waals surface area contributed by atoms with Gasteiger partial charge < -0.3 is 4.74 Å². The number of hydrogen-bond donors (Lipinski definition) is 0. The van der Waals surface area contributed by atoms with E-state index in [-0.39, 0.29) is 24.5 Å². The second-order valence-electron chi connectivity index (χ2n) is 8.10. The molecule has 152 valence electrons. The van der Waals surface area contributed by atoms with E-state index in [1.807, 2.05) is 61.5 Å². The van der Waals surface area contributed by atoms with Crippen LogP contribution in [-0.2, 0) is 14.3 Å². The Hall–Kier alpha value is -3.41. The number of hydrogen-bond acceptors (Lipinski definition) is 4. The molecule has 2 aromatic carbocycles. The van der Waals surface area contributed by atoms with Crippen LogP contribution in [0.25, 0.3) is 0 Å². The predicted octanol–water partition coefficient (Wildman–Crippen LogP) is 3.70. The number of nitrogens with zero attached hydrogens (tertiary/aromatic N) is 2.